The molecule has 0 atom stereocenters. The molecule has 0 radical (unpaired) electrons. The zero-order valence-corrected chi connectivity index (χ0v) is 16.0. The lowest BCUT2D eigenvalue weighted by Crippen LogP contribution is -2.15. The predicted octanol–water partition coefficient (Wildman–Crippen LogP) is 4.69. The van der Waals surface area contributed by atoms with E-state index in [0.29, 0.717) is 10.1 Å². The van der Waals surface area contributed by atoms with Crippen LogP contribution in [0.4, 0.5) is 10.8 Å². The summed E-state index contributed by atoms with van der Waals surface area (Å²) in [5.74, 6) is 0. The second kappa shape index (κ2) is 6.17. The van der Waals surface area contributed by atoms with Gasteiger partial charge in [0, 0.05) is 10.6 Å². The number of benzene rings is 1. The van der Waals surface area contributed by atoms with Crippen LogP contribution in [0, 0.1) is 6.92 Å². The molecule has 0 saturated heterocycles. The third-order valence-corrected chi connectivity index (χ3v) is 6.88. The molecule has 0 spiro atoms. The molecule has 7 heteroatoms. The molecule has 0 saturated carbocycles. The Hall–Kier alpha value is -2.25. The summed E-state index contributed by atoms with van der Waals surface area (Å²) in [5.41, 5.74) is 3.35. The average Bonchev–Trinajstić information content (AvgIpc) is 3.11. The first-order valence-corrected chi connectivity index (χ1v) is 10.5. The van der Waals surface area contributed by atoms with Crippen molar-refractivity contribution in [2.45, 2.75) is 39.0 Å². The Morgan fingerprint density at radius 2 is 1.88 bits per heavy atom. The molecular weight excluding hydrogens is 364 g/mol. The summed E-state index contributed by atoms with van der Waals surface area (Å²) in [6.07, 6.45) is 5.65. The normalized spacial score (nSPS) is 14.5. The smallest absolute Gasteiger partial charge is 0.284 e. The van der Waals surface area contributed by atoms with Gasteiger partial charge in [0.15, 0.2) is 0 Å². The van der Waals surface area contributed by atoms with E-state index < -0.39 is 0 Å². The molecule has 1 aliphatic rings. The van der Waals surface area contributed by atoms with E-state index in [9.17, 15) is 4.79 Å². The third kappa shape index (κ3) is 2.62. The minimum Gasteiger partial charge on any atom is -0.330 e. The van der Waals surface area contributed by atoms with E-state index in [0.717, 1.165) is 35.2 Å². The van der Waals surface area contributed by atoms with Gasteiger partial charge in [0.25, 0.3) is 5.56 Å². The lowest BCUT2D eigenvalue weighted by atomic mass is 10.1. The highest BCUT2D eigenvalue weighted by atomic mass is 32.1. The molecule has 0 fully saturated rings. The Morgan fingerprint density at radius 1 is 1.08 bits per heavy atom. The van der Waals surface area contributed by atoms with Crippen molar-refractivity contribution in [3.8, 4) is 0 Å². The first-order valence-electron chi connectivity index (χ1n) is 8.87. The minimum absolute atomic E-state index is 0.0300. The fourth-order valence-corrected chi connectivity index (χ4v) is 5.64. The third-order valence-electron chi connectivity index (χ3n) is 4.87. The average molecular weight is 383 g/mol. The van der Waals surface area contributed by atoms with Crippen molar-refractivity contribution < 1.29 is 0 Å². The van der Waals surface area contributed by atoms with Crippen molar-refractivity contribution in [3.05, 3.63) is 50.6 Å². The molecule has 1 aliphatic carbocycles. The lowest BCUT2D eigenvalue weighted by molar-refractivity contribution is 0.713. The Kier molecular flexibility index (Phi) is 3.79. The molecule has 0 bridgehead atoms. The van der Waals surface area contributed by atoms with Gasteiger partial charge in [0.1, 0.15) is 4.83 Å². The van der Waals surface area contributed by atoms with Crippen LogP contribution in [0.2, 0.25) is 0 Å². The van der Waals surface area contributed by atoms with Gasteiger partial charge >= 0.3 is 0 Å². The highest BCUT2D eigenvalue weighted by molar-refractivity contribution is 7.21. The highest BCUT2D eigenvalue weighted by Crippen LogP contribution is 2.34. The Morgan fingerprint density at radius 3 is 2.73 bits per heavy atom. The molecule has 1 aromatic carbocycles. The van der Waals surface area contributed by atoms with Crippen molar-refractivity contribution >= 4 is 48.7 Å². The van der Waals surface area contributed by atoms with Gasteiger partial charge in [-0.3, -0.25) is 4.79 Å². The van der Waals surface area contributed by atoms with Crippen molar-refractivity contribution in [1.29, 1.82) is 0 Å². The van der Waals surface area contributed by atoms with Gasteiger partial charge in [-0.15, -0.1) is 16.4 Å². The molecule has 5 nitrogen and oxygen atoms in total. The van der Waals surface area contributed by atoms with Crippen LogP contribution in [0.1, 0.15) is 35.3 Å². The highest BCUT2D eigenvalue weighted by Gasteiger charge is 2.21. The second-order valence-electron chi connectivity index (χ2n) is 6.75. The SMILES string of the molecule is Cc1ccc(Nc2nn3c(=O)c4c5c(sc4nc3s2)CCCCC5)cc1. The molecule has 3 aromatic heterocycles. The zero-order valence-electron chi connectivity index (χ0n) is 14.4. The predicted molar refractivity (Wildman–Crippen MR) is 108 cm³/mol. The fourth-order valence-electron chi connectivity index (χ4n) is 3.52. The molecule has 0 aliphatic heterocycles. The number of nitrogens with zero attached hydrogens (tertiary/aromatic N) is 3. The van der Waals surface area contributed by atoms with Crippen LogP contribution in [0.15, 0.2) is 29.1 Å². The zero-order chi connectivity index (χ0) is 17.7. The Bertz CT molecular complexity index is 1170. The van der Waals surface area contributed by atoms with Crippen LogP contribution in [-0.2, 0) is 12.8 Å². The summed E-state index contributed by atoms with van der Waals surface area (Å²) in [6.45, 7) is 2.06. The van der Waals surface area contributed by atoms with E-state index in [-0.39, 0.29) is 5.56 Å². The summed E-state index contributed by atoms with van der Waals surface area (Å²) >= 11 is 3.10. The van der Waals surface area contributed by atoms with E-state index in [4.69, 9.17) is 4.98 Å². The number of aromatic nitrogens is 3. The summed E-state index contributed by atoms with van der Waals surface area (Å²) < 4.78 is 1.46. The van der Waals surface area contributed by atoms with Gasteiger partial charge < -0.3 is 5.32 Å². The Labute approximate surface area is 158 Å². The number of rotatable bonds is 2. The van der Waals surface area contributed by atoms with E-state index in [1.165, 1.54) is 44.7 Å². The summed E-state index contributed by atoms with van der Waals surface area (Å²) in [7, 11) is 0. The quantitative estimate of drug-likeness (QED) is 0.511. The summed E-state index contributed by atoms with van der Waals surface area (Å²) in [4.78, 5) is 20.7. The molecule has 26 heavy (non-hydrogen) atoms. The van der Waals surface area contributed by atoms with Gasteiger partial charge in [0.05, 0.1) is 5.39 Å². The van der Waals surface area contributed by atoms with E-state index in [2.05, 4.69) is 17.3 Å². The summed E-state index contributed by atoms with van der Waals surface area (Å²) in [5, 5.41) is 9.23. The molecule has 132 valence electrons. The number of hydrogen-bond acceptors (Lipinski definition) is 6. The number of hydrogen-bond donors (Lipinski definition) is 1. The second-order valence-corrected chi connectivity index (χ2v) is 8.79. The molecule has 0 amide bonds. The van der Waals surface area contributed by atoms with Crippen molar-refractivity contribution in [2.24, 2.45) is 0 Å². The number of fused-ring (bicyclic) bond motifs is 4. The van der Waals surface area contributed by atoms with E-state index in [1.54, 1.807) is 11.3 Å². The van der Waals surface area contributed by atoms with Gasteiger partial charge in [-0.2, -0.15) is 4.52 Å². The first-order chi connectivity index (χ1) is 12.7. The van der Waals surface area contributed by atoms with Crippen LogP contribution < -0.4 is 10.9 Å². The monoisotopic (exact) mass is 382 g/mol. The van der Waals surface area contributed by atoms with Crippen molar-refractivity contribution in [1.82, 2.24) is 14.6 Å². The van der Waals surface area contributed by atoms with Crippen LogP contribution in [0.5, 0.6) is 0 Å². The van der Waals surface area contributed by atoms with E-state index in [1.807, 2.05) is 24.3 Å². The van der Waals surface area contributed by atoms with Crippen LogP contribution >= 0.6 is 22.7 Å². The molecule has 5 rings (SSSR count). The fraction of sp³-hybridized carbons (Fsp3) is 0.316. The number of aryl methyl sites for hydroxylation is 3. The van der Waals surface area contributed by atoms with Gasteiger partial charge in [-0.1, -0.05) is 35.5 Å². The van der Waals surface area contributed by atoms with Crippen LogP contribution in [-0.4, -0.2) is 14.6 Å². The maximum Gasteiger partial charge on any atom is 0.284 e. The Balaban J connectivity index is 1.62. The van der Waals surface area contributed by atoms with Crippen molar-refractivity contribution in [3.63, 3.8) is 0 Å². The van der Waals surface area contributed by atoms with Gasteiger partial charge in [0.2, 0.25) is 10.1 Å². The first kappa shape index (κ1) is 16.0. The number of anilines is 2. The number of nitrogens with one attached hydrogen (secondary N) is 1. The molecule has 4 aromatic rings. The molecule has 3 heterocycles. The number of thiophene rings is 1. The lowest BCUT2D eigenvalue weighted by Gasteiger charge is -2.01. The molecule has 0 unspecified atom stereocenters. The standard InChI is InChI=1S/C19H18N4OS2/c1-11-7-9-12(10-8-11)20-18-22-23-17(24)15-13-5-3-2-4-6-14(13)25-16(15)21-19(23)26-18/h7-10H,2-6H2,1H3,(H,20,22). The van der Waals surface area contributed by atoms with Crippen LogP contribution in [0.3, 0.4) is 0 Å². The van der Waals surface area contributed by atoms with Gasteiger partial charge in [-0.25, -0.2) is 4.98 Å². The van der Waals surface area contributed by atoms with E-state index >= 15 is 0 Å². The largest absolute Gasteiger partial charge is 0.330 e. The molecular formula is C19H18N4OS2. The summed E-state index contributed by atoms with van der Waals surface area (Å²) in [6, 6.07) is 8.11. The van der Waals surface area contributed by atoms with Crippen LogP contribution in [0.25, 0.3) is 15.2 Å². The minimum atomic E-state index is -0.0300. The maximum atomic E-state index is 13.1. The van der Waals surface area contributed by atoms with Gasteiger partial charge in [-0.05, 0) is 50.3 Å². The maximum absolute atomic E-state index is 13.1. The topological polar surface area (TPSA) is 59.3 Å². The molecule has 1 N–H and O–H groups in total. The van der Waals surface area contributed by atoms with Crippen molar-refractivity contribution in [2.75, 3.05) is 5.32 Å².